The number of nitrogens with one attached hydrogen (secondary N) is 1. The maximum atomic E-state index is 13.1. The van der Waals surface area contributed by atoms with Crippen LogP contribution in [0.4, 0.5) is 5.69 Å². The van der Waals surface area contributed by atoms with E-state index in [0.717, 1.165) is 44.5 Å². The lowest BCUT2D eigenvalue weighted by Gasteiger charge is -2.44. The van der Waals surface area contributed by atoms with Crippen LogP contribution in [0.2, 0.25) is 0 Å². The predicted molar refractivity (Wildman–Crippen MR) is 134 cm³/mol. The van der Waals surface area contributed by atoms with Gasteiger partial charge in [0.05, 0.1) is 11.1 Å². The van der Waals surface area contributed by atoms with Crippen LogP contribution in [0.1, 0.15) is 50.8 Å². The van der Waals surface area contributed by atoms with Crippen LogP contribution in [0.3, 0.4) is 0 Å². The fourth-order valence-electron chi connectivity index (χ4n) is 4.07. The van der Waals surface area contributed by atoms with Crippen molar-refractivity contribution < 1.29 is 52.6 Å². The predicted octanol–water partition coefficient (Wildman–Crippen LogP) is 0.333. The highest BCUT2D eigenvalue weighted by atomic mass is 16.7. The SMILES string of the molecule is CC(=O)OC[C@H]1O[C@H](n2cc([N+](=O)[O-])cc2C(=O)NCCCN(C)C)[C@H](OC(C)=O)[C@H](OC(C)=O)[C@@H]1OC(C)=O. The molecule has 0 unspecified atom stereocenters. The summed E-state index contributed by atoms with van der Waals surface area (Å²) in [6, 6.07) is 1.01. The van der Waals surface area contributed by atoms with E-state index < -0.39 is 77.6 Å². The topological polar surface area (TPSA) is 195 Å². The molecule has 1 aliphatic heterocycles. The molecule has 0 aliphatic carbocycles. The number of hydrogen-bond acceptors (Lipinski definition) is 13. The summed E-state index contributed by atoms with van der Waals surface area (Å²) in [5.74, 6) is -3.91. The molecule has 1 N–H and O–H groups in total. The van der Waals surface area contributed by atoms with E-state index >= 15 is 0 Å². The molecule has 222 valence electrons. The van der Waals surface area contributed by atoms with Gasteiger partial charge in [0.2, 0.25) is 0 Å². The molecule has 2 heterocycles. The second-order valence-corrected chi connectivity index (χ2v) is 9.25. The van der Waals surface area contributed by atoms with Crippen molar-refractivity contribution in [2.24, 2.45) is 0 Å². The fourth-order valence-corrected chi connectivity index (χ4v) is 4.07. The first kappa shape index (κ1) is 32.2. The van der Waals surface area contributed by atoms with Gasteiger partial charge in [0.15, 0.2) is 24.5 Å². The summed E-state index contributed by atoms with van der Waals surface area (Å²) in [5, 5.41) is 14.3. The van der Waals surface area contributed by atoms with Crippen molar-refractivity contribution in [2.75, 3.05) is 33.8 Å². The highest BCUT2D eigenvalue weighted by Gasteiger charge is 2.53. The molecule has 1 fully saturated rings. The summed E-state index contributed by atoms with van der Waals surface area (Å²) in [7, 11) is 3.72. The number of carbonyl (C=O) groups excluding carboxylic acids is 5. The standard InChI is InChI=1S/C24H34N4O12/c1-13(29)36-12-19-20(37-14(2)30)21(38-15(3)31)22(39-16(4)32)24(40-19)27-11-17(28(34)35)10-18(27)23(33)25-8-7-9-26(5)6/h10-11,19-22,24H,7-9,12H2,1-6H3,(H,25,33)/t19-,20-,21-,22-,24+/m1/s1. The molecule has 1 saturated heterocycles. The summed E-state index contributed by atoms with van der Waals surface area (Å²) >= 11 is 0. The largest absolute Gasteiger partial charge is 0.463 e. The monoisotopic (exact) mass is 570 g/mol. The van der Waals surface area contributed by atoms with Crippen molar-refractivity contribution in [2.45, 2.75) is 64.8 Å². The molecule has 40 heavy (non-hydrogen) atoms. The van der Waals surface area contributed by atoms with Gasteiger partial charge in [0.1, 0.15) is 18.4 Å². The van der Waals surface area contributed by atoms with Crippen LogP contribution in [-0.2, 0) is 42.9 Å². The molecule has 1 aliphatic rings. The maximum absolute atomic E-state index is 13.1. The van der Waals surface area contributed by atoms with Crippen LogP contribution in [0.5, 0.6) is 0 Å². The number of rotatable bonds is 12. The van der Waals surface area contributed by atoms with E-state index in [9.17, 15) is 34.1 Å². The molecule has 0 radical (unpaired) electrons. The summed E-state index contributed by atoms with van der Waals surface area (Å²) in [6.07, 6.45) is -5.72. The summed E-state index contributed by atoms with van der Waals surface area (Å²) < 4.78 is 28.3. The molecule has 1 aromatic heterocycles. The fraction of sp³-hybridized carbons (Fsp3) is 0.625. The van der Waals surface area contributed by atoms with Gasteiger partial charge in [-0.15, -0.1) is 0 Å². The van der Waals surface area contributed by atoms with Crippen molar-refractivity contribution in [1.82, 2.24) is 14.8 Å². The molecule has 5 atom stereocenters. The second-order valence-electron chi connectivity index (χ2n) is 9.25. The average molecular weight is 571 g/mol. The minimum absolute atomic E-state index is 0.225. The number of carbonyl (C=O) groups is 5. The molecule has 1 aromatic rings. The van der Waals surface area contributed by atoms with Crippen LogP contribution in [0.25, 0.3) is 0 Å². The average Bonchev–Trinajstić information content (AvgIpc) is 3.28. The lowest BCUT2D eigenvalue weighted by atomic mass is 9.97. The minimum Gasteiger partial charge on any atom is -0.463 e. The Hall–Kier alpha value is -4.05. The van der Waals surface area contributed by atoms with Crippen molar-refractivity contribution in [3.8, 4) is 0 Å². The van der Waals surface area contributed by atoms with E-state index in [1.165, 1.54) is 0 Å². The highest BCUT2D eigenvalue weighted by molar-refractivity contribution is 5.93. The number of nitro groups is 1. The zero-order chi connectivity index (χ0) is 30.1. The Bertz CT molecular complexity index is 1120. The number of esters is 4. The summed E-state index contributed by atoms with van der Waals surface area (Å²) in [5.41, 5.74) is -0.705. The van der Waals surface area contributed by atoms with E-state index in [-0.39, 0.29) is 12.2 Å². The number of nitrogens with zero attached hydrogens (tertiary/aromatic N) is 3. The normalized spacial score (nSPS) is 22.2. The Morgan fingerprint density at radius 1 is 0.975 bits per heavy atom. The van der Waals surface area contributed by atoms with Gasteiger partial charge in [0.25, 0.3) is 11.6 Å². The smallest absolute Gasteiger partial charge is 0.303 e. The lowest BCUT2D eigenvalue weighted by Crippen LogP contribution is -2.60. The minimum atomic E-state index is -1.55. The van der Waals surface area contributed by atoms with E-state index in [1.807, 2.05) is 19.0 Å². The number of aromatic nitrogens is 1. The van der Waals surface area contributed by atoms with Gasteiger partial charge in [-0.05, 0) is 27.1 Å². The quantitative estimate of drug-likeness (QED) is 0.119. The summed E-state index contributed by atoms with van der Waals surface area (Å²) in [4.78, 5) is 73.6. The third kappa shape index (κ3) is 9.01. The first-order chi connectivity index (χ1) is 18.7. The zero-order valence-corrected chi connectivity index (χ0v) is 23.1. The Morgan fingerprint density at radius 2 is 1.55 bits per heavy atom. The second kappa shape index (κ2) is 14.4. The molecule has 0 aromatic carbocycles. The Kier molecular flexibility index (Phi) is 11.6. The van der Waals surface area contributed by atoms with E-state index in [1.54, 1.807) is 0 Å². The third-order valence-corrected chi connectivity index (χ3v) is 5.59. The van der Waals surface area contributed by atoms with Crippen molar-refractivity contribution in [3.63, 3.8) is 0 Å². The van der Waals surface area contributed by atoms with Crippen LogP contribution in [0, 0.1) is 10.1 Å². The van der Waals surface area contributed by atoms with Gasteiger partial charge in [-0.2, -0.15) is 0 Å². The molecular formula is C24H34N4O12. The molecule has 16 nitrogen and oxygen atoms in total. The van der Waals surface area contributed by atoms with Gasteiger partial charge in [0, 0.05) is 40.3 Å². The van der Waals surface area contributed by atoms with E-state index in [0.29, 0.717) is 13.0 Å². The highest BCUT2D eigenvalue weighted by Crippen LogP contribution is 2.37. The van der Waals surface area contributed by atoms with Crippen molar-refractivity contribution >= 4 is 35.5 Å². The van der Waals surface area contributed by atoms with Gasteiger partial charge in [-0.25, -0.2) is 0 Å². The van der Waals surface area contributed by atoms with E-state index in [2.05, 4.69) is 5.32 Å². The molecular weight excluding hydrogens is 536 g/mol. The first-order valence-corrected chi connectivity index (χ1v) is 12.3. The Balaban J connectivity index is 2.62. The number of ether oxygens (including phenoxy) is 5. The Morgan fingerprint density at radius 3 is 2.08 bits per heavy atom. The molecule has 2 rings (SSSR count). The van der Waals surface area contributed by atoms with Crippen molar-refractivity contribution in [3.05, 3.63) is 28.1 Å². The van der Waals surface area contributed by atoms with Gasteiger partial charge in [-0.3, -0.25) is 34.1 Å². The number of hydrogen-bond donors (Lipinski definition) is 1. The van der Waals surface area contributed by atoms with Crippen LogP contribution < -0.4 is 5.32 Å². The van der Waals surface area contributed by atoms with E-state index in [4.69, 9.17) is 23.7 Å². The van der Waals surface area contributed by atoms with Gasteiger partial charge < -0.3 is 38.5 Å². The van der Waals surface area contributed by atoms with Gasteiger partial charge >= 0.3 is 23.9 Å². The van der Waals surface area contributed by atoms with Gasteiger partial charge in [-0.1, -0.05) is 0 Å². The Labute approximate surface area is 229 Å². The van der Waals surface area contributed by atoms with Crippen LogP contribution >= 0.6 is 0 Å². The van der Waals surface area contributed by atoms with Crippen LogP contribution in [0.15, 0.2) is 12.3 Å². The molecule has 1 amide bonds. The molecule has 16 heteroatoms. The zero-order valence-electron chi connectivity index (χ0n) is 23.1. The molecule has 0 bridgehead atoms. The lowest BCUT2D eigenvalue weighted by molar-refractivity contribution is -0.385. The molecule has 0 spiro atoms. The third-order valence-electron chi connectivity index (χ3n) is 5.59. The summed E-state index contributed by atoms with van der Waals surface area (Å²) in [6.45, 7) is 4.74. The maximum Gasteiger partial charge on any atom is 0.303 e. The molecule has 0 saturated carbocycles. The first-order valence-electron chi connectivity index (χ1n) is 12.3. The number of amides is 1. The van der Waals surface area contributed by atoms with Crippen LogP contribution in [-0.4, -0.2) is 102 Å². The van der Waals surface area contributed by atoms with Crippen molar-refractivity contribution in [1.29, 1.82) is 0 Å².